The zero-order valence-electron chi connectivity index (χ0n) is 29.9. The molecule has 3 heterocycles. The molecule has 0 unspecified atom stereocenters. The van der Waals surface area contributed by atoms with E-state index in [9.17, 15) is 0 Å². The highest BCUT2D eigenvalue weighted by Crippen LogP contribution is 2.42. The minimum Gasteiger partial charge on any atom is -0.456 e. The first-order valence-electron chi connectivity index (χ1n) is 18.8. The van der Waals surface area contributed by atoms with Crippen LogP contribution < -0.4 is 0 Å². The second-order valence-corrected chi connectivity index (χ2v) is 15.4. The van der Waals surface area contributed by atoms with Crippen molar-refractivity contribution in [3.8, 4) is 45.3 Å². The van der Waals surface area contributed by atoms with Crippen molar-refractivity contribution in [2.45, 2.75) is 0 Å². The number of aromatic nitrogens is 3. The molecule has 3 aromatic heterocycles. The van der Waals surface area contributed by atoms with E-state index in [1.54, 1.807) is 11.3 Å². The van der Waals surface area contributed by atoms with Crippen LogP contribution in [-0.4, -0.2) is 15.0 Å². The molecule has 0 aliphatic heterocycles. The minimum absolute atomic E-state index is 0.606. The van der Waals surface area contributed by atoms with Gasteiger partial charge in [-0.25, -0.2) is 15.0 Å². The first-order chi connectivity index (χ1) is 27.7. The number of hydrogen-bond acceptors (Lipinski definition) is 5. The molecule has 12 rings (SSSR count). The molecular weight excluding hydrogens is 703 g/mol. The second-order valence-electron chi connectivity index (χ2n) is 14.3. The van der Waals surface area contributed by atoms with Gasteiger partial charge in [0.05, 0.1) is 0 Å². The average Bonchev–Trinajstić information content (AvgIpc) is 3.85. The summed E-state index contributed by atoms with van der Waals surface area (Å²) in [5.74, 6) is 1.86. The molecule has 0 saturated carbocycles. The fraction of sp³-hybridized carbons (Fsp3) is 0. The van der Waals surface area contributed by atoms with Crippen LogP contribution in [0, 0.1) is 0 Å². The summed E-state index contributed by atoms with van der Waals surface area (Å²) in [6.45, 7) is 0. The van der Waals surface area contributed by atoms with Crippen molar-refractivity contribution in [3.63, 3.8) is 0 Å². The predicted octanol–water partition coefficient (Wildman–Crippen LogP) is 14.3. The lowest BCUT2D eigenvalue weighted by molar-refractivity contribution is 0.669. The highest BCUT2D eigenvalue weighted by molar-refractivity contribution is 7.25. The number of furan rings is 1. The van der Waals surface area contributed by atoms with Gasteiger partial charge in [-0.2, -0.15) is 0 Å². The van der Waals surface area contributed by atoms with Crippen LogP contribution in [-0.2, 0) is 0 Å². The Hall–Kier alpha value is -7.21. The number of fused-ring (bicyclic) bond motifs is 11. The molecule has 0 fully saturated rings. The van der Waals surface area contributed by atoms with E-state index in [2.05, 4.69) is 146 Å². The molecule has 9 aromatic carbocycles. The van der Waals surface area contributed by atoms with E-state index in [0.717, 1.165) is 49.6 Å². The lowest BCUT2D eigenvalue weighted by atomic mass is 9.90. The highest BCUT2D eigenvalue weighted by Gasteiger charge is 2.20. The van der Waals surface area contributed by atoms with E-state index >= 15 is 0 Å². The first-order valence-corrected chi connectivity index (χ1v) is 19.6. The molecule has 0 spiro atoms. The molecule has 0 saturated heterocycles. The summed E-state index contributed by atoms with van der Waals surface area (Å²) in [7, 11) is 0. The van der Waals surface area contributed by atoms with Crippen LogP contribution in [0.3, 0.4) is 0 Å². The van der Waals surface area contributed by atoms with Gasteiger partial charge in [0, 0.05) is 47.6 Å². The van der Waals surface area contributed by atoms with Crippen LogP contribution in [0.15, 0.2) is 180 Å². The Labute approximate surface area is 325 Å². The molecule has 4 nitrogen and oxygen atoms in total. The maximum Gasteiger partial charge on any atom is 0.164 e. The summed E-state index contributed by atoms with van der Waals surface area (Å²) >= 11 is 1.79. The third-order valence-electron chi connectivity index (χ3n) is 11.1. The van der Waals surface area contributed by atoms with Gasteiger partial charge in [-0.1, -0.05) is 146 Å². The molecule has 0 radical (unpaired) electrons. The fourth-order valence-electron chi connectivity index (χ4n) is 8.58. The Morgan fingerprint density at radius 3 is 1.79 bits per heavy atom. The van der Waals surface area contributed by atoms with Crippen LogP contribution in [0.2, 0.25) is 0 Å². The van der Waals surface area contributed by atoms with Gasteiger partial charge in [0.25, 0.3) is 0 Å². The second kappa shape index (κ2) is 12.2. The van der Waals surface area contributed by atoms with Crippen molar-refractivity contribution in [1.82, 2.24) is 15.0 Å². The molecular formula is C51H29N3OS. The van der Waals surface area contributed by atoms with Crippen LogP contribution in [0.4, 0.5) is 0 Å². The third-order valence-corrected chi connectivity index (χ3v) is 12.3. The summed E-state index contributed by atoms with van der Waals surface area (Å²) in [6, 6.07) is 62.2. The van der Waals surface area contributed by atoms with E-state index in [1.807, 2.05) is 30.3 Å². The van der Waals surface area contributed by atoms with Gasteiger partial charge in [0.15, 0.2) is 17.5 Å². The zero-order valence-corrected chi connectivity index (χ0v) is 30.7. The Balaban J connectivity index is 1.08. The van der Waals surface area contributed by atoms with Crippen molar-refractivity contribution < 1.29 is 4.42 Å². The van der Waals surface area contributed by atoms with Crippen molar-refractivity contribution >= 4 is 85.8 Å². The first kappa shape index (κ1) is 31.2. The predicted molar refractivity (Wildman–Crippen MR) is 234 cm³/mol. The quantitative estimate of drug-likeness (QED) is 0.169. The van der Waals surface area contributed by atoms with Gasteiger partial charge in [-0.05, 0) is 73.8 Å². The third kappa shape index (κ3) is 4.75. The largest absolute Gasteiger partial charge is 0.456 e. The number of thiophene rings is 1. The number of para-hydroxylation sites is 1. The van der Waals surface area contributed by atoms with Crippen molar-refractivity contribution in [1.29, 1.82) is 0 Å². The van der Waals surface area contributed by atoms with Gasteiger partial charge < -0.3 is 4.42 Å². The lowest BCUT2D eigenvalue weighted by Crippen LogP contribution is -2.00. The van der Waals surface area contributed by atoms with Crippen LogP contribution in [0.1, 0.15) is 0 Å². The van der Waals surface area contributed by atoms with Gasteiger partial charge in [0.1, 0.15) is 11.2 Å². The van der Waals surface area contributed by atoms with Crippen molar-refractivity contribution in [2.75, 3.05) is 0 Å². The van der Waals surface area contributed by atoms with Crippen LogP contribution in [0.25, 0.3) is 120 Å². The smallest absolute Gasteiger partial charge is 0.164 e. The van der Waals surface area contributed by atoms with Crippen LogP contribution in [0.5, 0.6) is 0 Å². The zero-order chi connectivity index (χ0) is 36.7. The molecule has 0 N–H and O–H groups in total. The molecule has 56 heavy (non-hydrogen) atoms. The molecule has 0 aliphatic rings. The standard InChI is InChI=1S/C51H29N3OS/c1-4-14-35-30(11-1)27-28-36-34-13-3-2-12-33(34)29-41(46(35)36)31-23-25-32(26-24-31)49-52-50(39-17-9-20-43-47(39)37-15-5-7-19-42(37)55-43)54-51(53-49)40-18-10-22-45-48(40)38-16-6-8-21-44(38)56-45/h1-29H. The maximum absolute atomic E-state index is 6.31. The number of rotatable bonds is 4. The van der Waals surface area contributed by atoms with Gasteiger partial charge >= 0.3 is 0 Å². The van der Waals surface area contributed by atoms with E-state index in [4.69, 9.17) is 19.4 Å². The number of nitrogens with zero attached hydrogens (tertiary/aromatic N) is 3. The monoisotopic (exact) mass is 731 g/mol. The normalized spacial score (nSPS) is 11.9. The SMILES string of the molecule is c1ccc2c(c1)cc(-c1ccc(-c3nc(-c4cccc5oc6ccccc6c45)nc(-c4cccc5sc6ccccc6c45)n3)cc1)c1c3ccccc3ccc21. The Morgan fingerprint density at radius 2 is 0.946 bits per heavy atom. The number of benzene rings is 9. The summed E-state index contributed by atoms with van der Waals surface area (Å²) in [4.78, 5) is 15.8. The van der Waals surface area contributed by atoms with E-state index in [0.29, 0.717) is 17.5 Å². The van der Waals surface area contributed by atoms with E-state index in [1.165, 1.54) is 52.7 Å². The van der Waals surface area contributed by atoms with Gasteiger partial charge in [-0.15, -0.1) is 11.3 Å². The van der Waals surface area contributed by atoms with Crippen molar-refractivity contribution in [3.05, 3.63) is 176 Å². The molecule has 0 bridgehead atoms. The Bertz CT molecular complexity index is 3410. The number of hydrogen-bond donors (Lipinski definition) is 0. The molecule has 5 heteroatoms. The Morgan fingerprint density at radius 1 is 0.339 bits per heavy atom. The van der Waals surface area contributed by atoms with Crippen molar-refractivity contribution in [2.24, 2.45) is 0 Å². The minimum atomic E-state index is 0.606. The summed E-state index contributed by atoms with van der Waals surface area (Å²) in [5, 5.41) is 11.9. The van der Waals surface area contributed by atoms with E-state index in [-0.39, 0.29) is 0 Å². The summed E-state index contributed by atoms with van der Waals surface area (Å²) in [5.41, 5.74) is 6.79. The maximum atomic E-state index is 6.31. The molecule has 260 valence electrons. The van der Waals surface area contributed by atoms with Gasteiger partial charge in [-0.3, -0.25) is 0 Å². The Kier molecular flexibility index (Phi) is 6.76. The molecule has 0 amide bonds. The lowest BCUT2D eigenvalue weighted by Gasteiger charge is -2.14. The molecule has 0 atom stereocenters. The molecule has 12 aromatic rings. The average molecular weight is 732 g/mol. The van der Waals surface area contributed by atoms with Crippen LogP contribution >= 0.6 is 11.3 Å². The van der Waals surface area contributed by atoms with E-state index < -0.39 is 0 Å². The summed E-state index contributed by atoms with van der Waals surface area (Å²) in [6.07, 6.45) is 0. The molecule has 0 aliphatic carbocycles. The topological polar surface area (TPSA) is 51.8 Å². The summed E-state index contributed by atoms with van der Waals surface area (Å²) < 4.78 is 8.75. The fourth-order valence-corrected chi connectivity index (χ4v) is 9.71. The van der Waals surface area contributed by atoms with Gasteiger partial charge in [0.2, 0.25) is 0 Å². The highest BCUT2D eigenvalue weighted by atomic mass is 32.1.